The van der Waals surface area contributed by atoms with Gasteiger partial charge in [0.15, 0.2) is 0 Å². The van der Waals surface area contributed by atoms with E-state index >= 15 is 0 Å². The molecule has 0 amide bonds. The van der Waals surface area contributed by atoms with Crippen LogP contribution in [0.1, 0.15) is 11.1 Å². The van der Waals surface area contributed by atoms with Gasteiger partial charge in [-0.2, -0.15) is 0 Å². The van der Waals surface area contributed by atoms with Gasteiger partial charge in [0.25, 0.3) is 0 Å². The first-order valence-corrected chi connectivity index (χ1v) is 7.55. The number of aryl methyl sites for hydroxylation is 2. The molecule has 0 aliphatic heterocycles. The largest absolute Gasteiger partial charge is 0.658 e. The van der Waals surface area contributed by atoms with Crippen molar-refractivity contribution in [2.75, 3.05) is 14.2 Å². The first-order valence-electron chi connectivity index (χ1n) is 6.79. The van der Waals surface area contributed by atoms with E-state index in [9.17, 15) is 0 Å². The zero-order valence-corrected chi connectivity index (χ0v) is 14.8. The summed E-state index contributed by atoms with van der Waals surface area (Å²) in [4.78, 5) is 0. The monoisotopic (exact) mass is 353 g/mol. The molecule has 0 saturated carbocycles. The Hall–Kier alpha value is -1.72. The molecule has 0 unspecified atom stereocenters. The topological polar surface area (TPSA) is 36.9 Å². The quantitative estimate of drug-likeness (QED) is 0.710. The van der Waals surface area contributed by atoms with Crippen molar-refractivity contribution in [1.29, 1.82) is 0 Å². The average Bonchev–Trinajstić information content (AvgIpc) is 2.53. The van der Waals surface area contributed by atoms with Crippen LogP contribution in [0.2, 0.25) is 10.0 Å². The minimum Gasteiger partial charge on any atom is -0.525 e. The van der Waals surface area contributed by atoms with Crippen molar-refractivity contribution in [3.8, 4) is 23.0 Å². The Morgan fingerprint density at radius 3 is 1.43 bits per heavy atom. The van der Waals surface area contributed by atoms with Gasteiger partial charge in [0.2, 0.25) is 0 Å². The number of halogens is 2. The van der Waals surface area contributed by atoms with Gasteiger partial charge in [-0.3, -0.25) is 0 Å². The molecule has 2 aromatic rings. The highest BCUT2D eigenvalue weighted by Gasteiger charge is 2.12. The van der Waals surface area contributed by atoms with Gasteiger partial charge in [-0.1, -0.05) is 23.2 Å². The number of rotatable bonds is 6. The van der Waals surface area contributed by atoms with Gasteiger partial charge in [-0.25, -0.2) is 0 Å². The summed E-state index contributed by atoms with van der Waals surface area (Å²) in [7, 11) is 4.35. The normalized spacial score (nSPS) is 10.2. The Bertz CT molecular complexity index is 647. The summed E-state index contributed by atoms with van der Waals surface area (Å²) in [6.07, 6.45) is 0. The second-order valence-corrected chi connectivity index (χ2v) is 5.65. The SMILES string of the molecule is COc1cc(Cl)c(O[B]Oc2cc(C)c(OC)cc2Cl)cc1C. The molecule has 0 fully saturated rings. The summed E-state index contributed by atoms with van der Waals surface area (Å²) in [6.45, 7) is 3.79. The van der Waals surface area contributed by atoms with E-state index in [0.717, 1.165) is 11.1 Å². The Kier molecular flexibility index (Phi) is 5.91. The standard InChI is InChI=1S/C16H16BCl2O4/c1-9-5-15(11(18)7-13(9)20-3)22-17-23-16-6-10(2)14(21-4)8-12(16)19/h5-8H,1-4H3. The van der Waals surface area contributed by atoms with Gasteiger partial charge in [-0.15, -0.1) is 0 Å². The minimum absolute atomic E-state index is 0.421. The maximum Gasteiger partial charge on any atom is 0.658 e. The van der Waals surface area contributed by atoms with E-state index in [-0.39, 0.29) is 0 Å². The van der Waals surface area contributed by atoms with Crippen molar-refractivity contribution in [2.24, 2.45) is 0 Å². The average molecular weight is 354 g/mol. The number of hydrogen-bond donors (Lipinski definition) is 0. The van der Waals surface area contributed by atoms with E-state index in [1.165, 1.54) is 7.69 Å². The first kappa shape index (κ1) is 17.6. The number of methoxy groups -OCH3 is 2. The molecule has 23 heavy (non-hydrogen) atoms. The lowest BCUT2D eigenvalue weighted by molar-refractivity contribution is 0.408. The third kappa shape index (κ3) is 4.18. The van der Waals surface area contributed by atoms with E-state index < -0.39 is 0 Å². The van der Waals surface area contributed by atoms with Crippen molar-refractivity contribution >= 4 is 30.9 Å². The fourth-order valence-corrected chi connectivity index (χ4v) is 2.42. The molecule has 0 saturated heterocycles. The highest BCUT2D eigenvalue weighted by molar-refractivity contribution is 6.34. The van der Waals surface area contributed by atoms with Crippen molar-refractivity contribution < 1.29 is 18.8 Å². The maximum absolute atomic E-state index is 6.13. The molecule has 0 aliphatic rings. The lowest BCUT2D eigenvalue weighted by Gasteiger charge is -2.13. The third-order valence-corrected chi connectivity index (χ3v) is 3.84. The molecule has 0 atom stereocenters. The maximum atomic E-state index is 6.13. The fourth-order valence-electron chi connectivity index (χ4n) is 2.02. The smallest absolute Gasteiger partial charge is 0.525 e. The number of benzene rings is 2. The molecule has 2 aromatic carbocycles. The van der Waals surface area contributed by atoms with E-state index in [1.807, 2.05) is 13.8 Å². The van der Waals surface area contributed by atoms with Crippen LogP contribution in [0, 0.1) is 13.8 Å². The summed E-state index contributed by atoms with van der Waals surface area (Å²) in [5.41, 5.74) is 1.80. The zero-order chi connectivity index (χ0) is 17.0. The van der Waals surface area contributed by atoms with Crippen LogP contribution in [0.3, 0.4) is 0 Å². The first-order chi connectivity index (χ1) is 11.0. The van der Waals surface area contributed by atoms with Gasteiger partial charge in [-0.05, 0) is 37.1 Å². The second-order valence-electron chi connectivity index (χ2n) is 4.84. The van der Waals surface area contributed by atoms with Crippen LogP contribution in [0.15, 0.2) is 24.3 Å². The Balaban J connectivity index is 2.06. The summed E-state index contributed by atoms with van der Waals surface area (Å²) in [5.74, 6) is 2.31. The van der Waals surface area contributed by atoms with Crippen molar-refractivity contribution in [1.82, 2.24) is 0 Å². The molecule has 0 spiro atoms. The number of ether oxygens (including phenoxy) is 2. The van der Waals surface area contributed by atoms with Crippen molar-refractivity contribution in [2.45, 2.75) is 13.8 Å². The molecule has 1 radical (unpaired) electrons. The lowest BCUT2D eigenvalue weighted by atomic mass is 10.2. The molecule has 0 aromatic heterocycles. The molecule has 0 aliphatic carbocycles. The molecule has 0 heterocycles. The van der Waals surface area contributed by atoms with Crippen LogP contribution >= 0.6 is 23.2 Å². The van der Waals surface area contributed by atoms with Gasteiger partial charge in [0.05, 0.1) is 24.3 Å². The van der Waals surface area contributed by atoms with Crippen molar-refractivity contribution in [3.05, 3.63) is 45.4 Å². The van der Waals surface area contributed by atoms with Crippen LogP contribution < -0.4 is 18.8 Å². The fraction of sp³-hybridized carbons (Fsp3) is 0.250. The Labute approximate surface area is 146 Å². The highest BCUT2D eigenvalue weighted by atomic mass is 35.5. The van der Waals surface area contributed by atoms with Crippen LogP contribution in [0.5, 0.6) is 23.0 Å². The van der Waals surface area contributed by atoms with E-state index in [0.29, 0.717) is 33.0 Å². The molecular weight excluding hydrogens is 338 g/mol. The van der Waals surface area contributed by atoms with Gasteiger partial charge in [0, 0.05) is 12.1 Å². The van der Waals surface area contributed by atoms with Gasteiger partial charge < -0.3 is 18.8 Å². The molecule has 0 N–H and O–H groups in total. The Morgan fingerprint density at radius 1 is 0.696 bits per heavy atom. The number of hydrogen-bond acceptors (Lipinski definition) is 4. The molecule has 4 nitrogen and oxygen atoms in total. The van der Waals surface area contributed by atoms with Crippen LogP contribution in [0.4, 0.5) is 0 Å². The zero-order valence-electron chi connectivity index (χ0n) is 13.3. The van der Waals surface area contributed by atoms with E-state index in [4.69, 9.17) is 42.0 Å². The van der Waals surface area contributed by atoms with Gasteiger partial charge in [0.1, 0.15) is 23.0 Å². The second kappa shape index (κ2) is 7.71. The summed E-state index contributed by atoms with van der Waals surface area (Å²) >= 11 is 12.3. The third-order valence-electron chi connectivity index (χ3n) is 3.25. The molecular formula is C16H16BCl2O4. The summed E-state index contributed by atoms with van der Waals surface area (Å²) < 4.78 is 21.3. The van der Waals surface area contributed by atoms with Gasteiger partial charge >= 0.3 is 7.69 Å². The van der Waals surface area contributed by atoms with E-state index in [1.54, 1.807) is 38.5 Å². The lowest BCUT2D eigenvalue weighted by Crippen LogP contribution is -2.12. The van der Waals surface area contributed by atoms with Crippen LogP contribution in [-0.4, -0.2) is 21.9 Å². The Morgan fingerprint density at radius 2 is 1.09 bits per heavy atom. The summed E-state index contributed by atoms with van der Waals surface area (Å²) in [5, 5.41) is 0.841. The van der Waals surface area contributed by atoms with Crippen LogP contribution in [0.25, 0.3) is 0 Å². The molecule has 2 rings (SSSR count). The highest BCUT2D eigenvalue weighted by Crippen LogP contribution is 2.33. The molecule has 7 heteroatoms. The predicted molar refractivity (Wildman–Crippen MR) is 92.5 cm³/mol. The van der Waals surface area contributed by atoms with E-state index in [2.05, 4.69) is 0 Å². The van der Waals surface area contributed by atoms with Crippen molar-refractivity contribution in [3.63, 3.8) is 0 Å². The molecule has 0 bridgehead atoms. The summed E-state index contributed by atoms with van der Waals surface area (Å²) in [6, 6.07) is 6.90. The minimum atomic E-state index is 0.421. The van der Waals surface area contributed by atoms with Crippen LogP contribution in [-0.2, 0) is 0 Å². The predicted octanol–water partition coefficient (Wildman–Crippen LogP) is 4.62. The molecule has 121 valence electrons.